The fraction of sp³-hybridized carbons (Fsp3) is 0.414. The van der Waals surface area contributed by atoms with Crippen LogP contribution in [0.1, 0.15) is 24.2 Å². The SMILES string of the molecule is CC(C)Oc1nc(-c2ccc(NC(=O)Nc3ccc(C(=O)N4CCN(C)CC4)cc3)cc2)nc(N2CCOCC2)n1. The summed E-state index contributed by atoms with van der Waals surface area (Å²) in [7, 11) is 2.05. The third kappa shape index (κ3) is 7.47. The molecule has 41 heavy (non-hydrogen) atoms. The summed E-state index contributed by atoms with van der Waals surface area (Å²) in [4.78, 5) is 45.2. The van der Waals surface area contributed by atoms with Crippen molar-refractivity contribution in [1.82, 2.24) is 24.8 Å². The number of nitrogens with zero attached hydrogens (tertiary/aromatic N) is 6. The molecule has 2 saturated heterocycles. The molecule has 3 aromatic rings. The second kappa shape index (κ2) is 12.9. The Bertz CT molecular complexity index is 1340. The normalized spacial score (nSPS) is 16.0. The fourth-order valence-electron chi connectivity index (χ4n) is 4.53. The van der Waals surface area contributed by atoms with Crippen LogP contribution in [0.4, 0.5) is 22.1 Å². The minimum absolute atomic E-state index is 0.00678. The van der Waals surface area contributed by atoms with E-state index in [2.05, 4.69) is 42.4 Å². The molecule has 0 aliphatic carbocycles. The lowest BCUT2D eigenvalue weighted by molar-refractivity contribution is 0.0664. The Morgan fingerprint density at radius 2 is 1.44 bits per heavy atom. The Hall–Kier alpha value is -4.29. The van der Waals surface area contributed by atoms with Crippen LogP contribution in [0.25, 0.3) is 11.4 Å². The molecule has 2 N–H and O–H groups in total. The highest BCUT2D eigenvalue weighted by Gasteiger charge is 2.21. The largest absolute Gasteiger partial charge is 0.461 e. The second-order valence-corrected chi connectivity index (χ2v) is 10.3. The lowest BCUT2D eigenvalue weighted by atomic mass is 10.1. The second-order valence-electron chi connectivity index (χ2n) is 10.3. The number of ether oxygens (including phenoxy) is 2. The van der Waals surface area contributed by atoms with Gasteiger partial charge in [0.1, 0.15) is 0 Å². The van der Waals surface area contributed by atoms with E-state index < -0.39 is 6.03 Å². The number of nitrogens with one attached hydrogen (secondary N) is 2. The van der Waals surface area contributed by atoms with E-state index in [0.29, 0.717) is 68.1 Å². The molecule has 0 radical (unpaired) electrons. The summed E-state index contributed by atoms with van der Waals surface area (Å²) < 4.78 is 11.2. The molecule has 3 heterocycles. The minimum atomic E-state index is -0.390. The Labute approximate surface area is 239 Å². The van der Waals surface area contributed by atoms with Gasteiger partial charge in [-0.3, -0.25) is 4.79 Å². The zero-order valence-corrected chi connectivity index (χ0v) is 23.7. The van der Waals surface area contributed by atoms with E-state index in [1.165, 1.54) is 0 Å². The molecule has 12 nitrogen and oxygen atoms in total. The minimum Gasteiger partial charge on any atom is -0.461 e. The van der Waals surface area contributed by atoms with Gasteiger partial charge >= 0.3 is 12.0 Å². The van der Waals surface area contributed by atoms with Crippen LogP contribution in [0.2, 0.25) is 0 Å². The van der Waals surface area contributed by atoms with Crippen molar-refractivity contribution in [2.75, 3.05) is 75.1 Å². The Morgan fingerprint density at radius 3 is 2.05 bits per heavy atom. The monoisotopic (exact) mass is 560 g/mol. The van der Waals surface area contributed by atoms with E-state index >= 15 is 0 Å². The van der Waals surface area contributed by atoms with Crippen LogP contribution in [0.5, 0.6) is 6.01 Å². The average Bonchev–Trinajstić information content (AvgIpc) is 2.98. The summed E-state index contributed by atoms with van der Waals surface area (Å²) in [6, 6.07) is 14.1. The number of amides is 3. The highest BCUT2D eigenvalue weighted by Crippen LogP contribution is 2.23. The van der Waals surface area contributed by atoms with Gasteiger partial charge in [-0.1, -0.05) is 0 Å². The van der Waals surface area contributed by atoms with Crippen LogP contribution >= 0.6 is 0 Å². The number of benzene rings is 2. The number of urea groups is 1. The van der Waals surface area contributed by atoms with Gasteiger partial charge in [-0.05, 0) is 69.4 Å². The third-order valence-corrected chi connectivity index (χ3v) is 6.82. The Morgan fingerprint density at radius 1 is 0.829 bits per heavy atom. The van der Waals surface area contributed by atoms with Crippen LogP contribution in [-0.4, -0.2) is 102 Å². The standard InChI is InChI=1S/C29H36N8O4/c1-20(2)41-29-33-25(32-27(34-29)37-16-18-40-19-17-37)21-4-8-23(9-5-21)30-28(39)31-24-10-6-22(7-11-24)26(38)36-14-12-35(3)13-15-36/h4-11,20H,12-19H2,1-3H3,(H2,30,31,39). The number of anilines is 3. The number of carbonyl (C=O) groups excluding carboxylic acids is 2. The first-order valence-electron chi connectivity index (χ1n) is 13.9. The maximum absolute atomic E-state index is 12.8. The van der Waals surface area contributed by atoms with Gasteiger partial charge in [0.15, 0.2) is 5.82 Å². The summed E-state index contributed by atoms with van der Waals surface area (Å²) in [5.41, 5.74) is 2.57. The van der Waals surface area contributed by atoms with Crippen molar-refractivity contribution in [1.29, 1.82) is 0 Å². The molecule has 216 valence electrons. The fourth-order valence-corrected chi connectivity index (χ4v) is 4.53. The van der Waals surface area contributed by atoms with Crippen LogP contribution in [0.15, 0.2) is 48.5 Å². The molecule has 0 atom stereocenters. The van der Waals surface area contributed by atoms with Crippen LogP contribution in [-0.2, 0) is 4.74 Å². The van der Waals surface area contributed by atoms with E-state index in [9.17, 15) is 9.59 Å². The predicted molar refractivity (Wildman–Crippen MR) is 157 cm³/mol. The van der Waals surface area contributed by atoms with Gasteiger partial charge in [0, 0.05) is 61.8 Å². The summed E-state index contributed by atoms with van der Waals surface area (Å²) in [6.07, 6.45) is -0.0819. The molecule has 0 bridgehead atoms. The molecule has 1 aromatic heterocycles. The van der Waals surface area contributed by atoms with Gasteiger partial charge in [0.2, 0.25) is 5.95 Å². The summed E-state index contributed by atoms with van der Waals surface area (Å²) in [5, 5.41) is 5.64. The van der Waals surface area contributed by atoms with Crippen molar-refractivity contribution >= 4 is 29.3 Å². The number of piperazine rings is 1. The average molecular weight is 561 g/mol. The molecule has 2 fully saturated rings. The lowest BCUT2D eigenvalue weighted by Crippen LogP contribution is -2.47. The number of aromatic nitrogens is 3. The maximum atomic E-state index is 12.8. The van der Waals surface area contributed by atoms with E-state index in [1.54, 1.807) is 36.4 Å². The van der Waals surface area contributed by atoms with E-state index in [4.69, 9.17) is 9.47 Å². The van der Waals surface area contributed by atoms with Gasteiger partial charge in [0.25, 0.3) is 5.91 Å². The zero-order chi connectivity index (χ0) is 28.8. The highest BCUT2D eigenvalue weighted by atomic mass is 16.5. The van der Waals surface area contributed by atoms with E-state index in [1.807, 2.05) is 30.9 Å². The molecule has 5 rings (SSSR count). The van der Waals surface area contributed by atoms with Crippen molar-refractivity contribution in [2.24, 2.45) is 0 Å². The molecular formula is C29H36N8O4. The lowest BCUT2D eigenvalue weighted by Gasteiger charge is -2.32. The van der Waals surface area contributed by atoms with Gasteiger partial charge in [-0.25, -0.2) is 4.79 Å². The number of hydrogen-bond donors (Lipinski definition) is 2. The number of likely N-dealkylation sites (N-methyl/N-ethyl adjacent to an activating group) is 1. The predicted octanol–water partition coefficient (Wildman–Crippen LogP) is 3.19. The quantitative estimate of drug-likeness (QED) is 0.448. The Balaban J connectivity index is 1.21. The third-order valence-electron chi connectivity index (χ3n) is 6.82. The van der Waals surface area contributed by atoms with Gasteiger partial charge in [-0.2, -0.15) is 15.0 Å². The number of rotatable bonds is 7. The number of morpholine rings is 1. The molecule has 0 saturated carbocycles. The van der Waals surface area contributed by atoms with Crippen LogP contribution in [0, 0.1) is 0 Å². The van der Waals surface area contributed by atoms with Gasteiger partial charge < -0.3 is 34.8 Å². The van der Waals surface area contributed by atoms with Crippen molar-refractivity contribution in [3.8, 4) is 17.4 Å². The maximum Gasteiger partial charge on any atom is 0.323 e. The number of carbonyl (C=O) groups is 2. The molecule has 12 heteroatoms. The Kier molecular flexibility index (Phi) is 8.90. The highest BCUT2D eigenvalue weighted by molar-refractivity contribution is 6.00. The first-order chi connectivity index (χ1) is 19.8. The summed E-state index contributed by atoms with van der Waals surface area (Å²) in [6.45, 7) is 9.62. The van der Waals surface area contributed by atoms with E-state index in [-0.39, 0.29) is 18.0 Å². The van der Waals surface area contributed by atoms with Crippen LogP contribution < -0.4 is 20.3 Å². The van der Waals surface area contributed by atoms with Crippen LogP contribution in [0.3, 0.4) is 0 Å². The smallest absolute Gasteiger partial charge is 0.323 e. The summed E-state index contributed by atoms with van der Waals surface area (Å²) in [5.74, 6) is 1.04. The van der Waals surface area contributed by atoms with Gasteiger partial charge in [0.05, 0.1) is 19.3 Å². The van der Waals surface area contributed by atoms with Crippen molar-refractivity contribution in [2.45, 2.75) is 20.0 Å². The topological polar surface area (TPSA) is 125 Å². The van der Waals surface area contributed by atoms with E-state index in [0.717, 1.165) is 18.7 Å². The molecule has 3 amide bonds. The number of hydrogen-bond acceptors (Lipinski definition) is 9. The first kappa shape index (κ1) is 28.2. The van der Waals surface area contributed by atoms with Gasteiger partial charge in [-0.15, -0.1) is 0 Å². The van der Waals surface area contributed by atoms with Crippen molar-refractivity contribution in [3.05, 3.63) is 54.1 Å². The summed E-state index contributed by atoms with van der Waals surface area (Å²) >= 11 is 0. The van der Waals surface area contributed by atoms with Crippen molar-refractivity contribution < 1.29 is 19.1 Å². The zero-order valence-electron chi connectivity index (χ0n) is 23.7. The molecule has 0 unspecified atom stereocenters. The first-order valence-corrected chi connectivity index (χ1v) is 13.9. The van der Waals surface area contributed by atoms with Crippen molar-refractivity contribution in [3.63, 3.8) is 0 Å². The molecule has 2 aliphatic rings. The molecule has 2 aromatic carbocycles. The molecular weight excluding hydrogens is 524 g/mol. The molecule has 2 aliphatic heterocycles. The molecule has 0 spiro atoms.